The first kappa shape index (κ1) is 17.5. The number of benzene rings is 2. The van der Waals surface area contributed by atoms with Gasteiger partial charge in [-0.2, -0.15) is 5.10 Å². The molecule has 0 aliphatic heterocycles. The van der Waals surface area contributed by atoms with E-state index in [9.17, 15) is 18.0 Å². The summed E-state index contributed by atoms with van der Waals surface area (Å²) >= 11 is 0. The number of aromatic nitrogens is 2. The maximum Gasteiger partial charge on any atom is 0.573 e. The largest absolute Gasteiger partial charge is 0.573 e. The van der Waals surface area contributed by atoms with Crippen LogP contribution >= 0.6 is 0 Å². The van der Waals surface area contributed by atoms with Crippen molar-refractivity contribution in [1.29, 1.82) is 0 Å². The number of nitrogens with zero attached hydrogens (tertiary/aromatic N) is 2. The zero-order valence-electron chi connectivity index (χ0n) is 13.6. The van der Waals surface area contributed by atoms with Crippen molar-refractivity contribution in [2.75, 3.05) is 5.32 Å². The normalized spacial score (nSPS) is 11.2. The van der Waals surface area contributed by atoms with Gasteiger partial charge in [-0.15, -0.1) is 13.2 Å². The Morgan fingerprint density at radius 2 is 1.73 bits per heavy atom. The van der Waals surface area contributed by atoms with Gasteiger partial charge in [-0.1, -0.05) is 18.2 Å². The van der Waals surface area contributed by atoms with Crippen LogP contribution in [0.4, 0.5) is 19.0 Å². The van der Waals surface area contributed by atoms with Gasteiger partial charge in [-0.3, -0.25) is 4.79 Å². The van der Waals surface area contributed by atoms with Crippen LogP contribution in [0.25, 0.3) is 5.69 Å². The van der Waals surface area contributed by atoms with Gasteiger partial charge in [0.25, 0.3) is 5.91 Å². The fraction of sp³-hybridized carbons (Fsp3) is 0.111. The van der Waals surface area contributed by atoms with Crippen LogP contribution in [-0.2, 0) is 0 Å². The molecule has 0 radical (unpaired) electrons. The smallest absolute Gasteiger partial charge is 0.406 e. The Labute approximate surface area is 147 Å². The van der Waals surface area contributed by atoms with E-state index in [1.165, 1.54) is 12.1 Å². The monoisotopic (exact) mass is 361 g/mol. The second-order valence-corrected chi connectivity index (χ2v) is 5.45. The van der Waals surface area contributed by atoms with Gasteiger partial charge >= 0.3 is 6.36 Å². The van der Waals surface area contributed by atoms with Crippen molar-refractivity contribution < 1.29 is 22.7 Å². The van der Waals surface area contributed by atoms with Crippen molar-refractivity contribution in [3.8, 4) is 11.4 Å². The molecule has 1 N–H and O–H groups in total. The molecule has 8 heteroatoms. The van der Waals surface area contributed by atoms with Crippen LogP contribution in [-0.4, -0.2) is 22.1 Å². The number of carbonyl (C=O) groups is 1. The van der Waals surface area contributed by atoms with E-state index < -0.39 is 12.3 Å². The predicted octanol–water partition coefficient (Wildman–Crippen LogP) is 4.33. The summed E-state index contributed by atoms with van der Waals surface area (Å²) in [5, 5.41) is 6.98. The van der Waals surface area contributed by atoms with Crippen LogP contribution in [0, 0.1) is 6.92 Å². The topological polar surface area (TPSA) is 56.2 Å². The summed E-state index contributed by atoms with van der Waals surface area (Å²) in [4.78, 5) is 12.4. The van der Waals surface area contributed by atoms with Gasteiger partial charge in [0.15, 0.2) is 0 Å². The van der Waals surface area contributed by atoms with Gasteiger partial charge < -0.3 is 10.1 Å². The summed E-state index contributed by atoms with van der Waals surface area (Å²) in [6.45, 7) is 1.79. The van der Waals surface area contributed by atoms with E-state index in [1.54, 1.807) is 17.8 Å². The highest BCUT2D eigenvalue weighted by Gasteiger charge is 2.31. The Kier molecular flexibility index (Phi) is 4.66. The Balaban J connectivity index is 1.80. The number of hydrogen-bond donors (Lipinski definition) is 1. The highest BCUT2D eigenvalue weighted by atomic mass is 19.4. The zero-order valence-corrected chi connectivity index (χ0v) is 13.6. The van der Waals surface area contributed by atoms with Crippen LogP contribution in [0.15, 0.2) is 60.8 Å². The first-order valence-corrected chi connectivity index (χ1v) is 7.61. The number of nitrogens with one attached hydrogen (secondary N) is 1. The third kappa shape index (κ3) is 4.02. The number of anilines is 1. The van der Waals surface area contributed by atoms with Crippen molar-refractivity contribution in [2.24, 2.45) is 0 Å². The molecule has 1 amide bonds. The molecule has 1 heterocycles. The van der Waals surface area contributed by atoms with Crippen molar-refractivity contribution in [3.63, 3.8) is 0 Å². The van der Waals surface area contributed by atoms with Gasteiger partial charge in [-0.25, -0.2) is 4.68 Å². The number of ether oxygens (including phenoxy) is 1. The number of aryl methyl sites for hydroxylation is 1. The van der Waals surface area contributed by atoms with Crippen LogP contribution in [0.3, 0.4) is 0 Å². The number of carbonyl (C=O) groups excluding carboxylic acids is 1. The zero-order chi connectivity index (χ0) is 18.7. The molecule has 134 valence electrons. The lowest BCUT2D eigenvalue weighted by atomic mass is 10.2. The number of hydrogen-bond acceptors (Lipinski definition) is 3. The van der Waals surface area contributed by atoms with Crippen molar-refractivity contribution in [1.82, 2.24) is 9.78 Å². The molecule has 0 aliphatic carbocycles. The van der Waals surface area contributed by atoms with Gasteiger partial charge in [-0.05, 0) is 43.3 Å². The second kappa shape index (κ2) is 6.91. The molecule has 0 atom stereocenters. The SMILES string of the molecule is Cc1cnn(-c2ccccc2)c1NC(=O)c1ccc(OC(F)(F)F)cc1. The molecule has 26 heavy (non-hydrogen) atoms. The maximum absolute atomic E-state index is 12.4. The second-order valence-electron chi connectivity index (χ2n) is 5.45. The lowest BCUT2D eigenvalue weighted by molar-refractivity contribution is -0.274. The highest BCUT2D eigenvalue weighted by Crippen LogP contribution is 2.24. The summed E-state index contributed by atoms with van der Waals surface area (Å²) in [5.41, 5.74) is 1.71. The quantitative estimate of drug-likeness (QED) is 0.752. The molecule has 3 rings (SSSR count). The van der Waals surface area contributed by atoms with E-state index in [0.29, 0.717) is 5.82 Å². The standard InChI is InChI=1S/C18H14F3N3O2/c1-12-11-22-24(14-5-3-2-4-6-14)16(12)23-17(25)13-7-9-15(10-8-13)26-18(19,20)21/h2-11H,1H3,(H,23,25). The van der Waals surface area contributed by atoms with Gasteiger partial charge in [0.2, 0.25) is 0 Å². The molecule has 0 unspecified atom stereocenters. The van der Waals surface area contributed by atoms with Gasteiger partial charge in [0, 0.05) is 11.1 Å². The molecule has 0 saturated heterocycles. The van der Waals surface area contributed by atoms with E-state index in [0.717, 1.165) is 23.4 Å². The molecule has 0 saturated carbocycles. The molecule has 0 fully saturated rings. The summed E-state index contributed by atoms with van der Waals surface area (Å²) < 4.78 is 41.9. The minimum absolute atomic E-state index is 0.194. The number of halogens is 3. The fourth-order valence-electron chi connectivity index (χ4n) is 2.33. The summed E-state index contributed by atoms with van der Waals surface area (Å²) in [6, 6.07) is 13.9. The van der Waals surface area contributed by atoms with E-state index in [4.69, 9.17) is 0 Å². The summed E-state index contributed by atoms with van der Waals surface area (Å²) in [6.07, 6.45) is -3.16. The number of alkyl halides is 3. The molecule has 5 nitrogen and oxygen atoms in total. The highest BCUT2D eigenvalue weighted by molar-refractivity contribution is 6.04. The third-order valence-corrected chi connectivity index (χ3v) is 3.53. The van der Waals surface area contributed by atoms with Crippen LogP contribution in [0.5, 0.6) is 5.75 Å². The van der Waals surface area contributed by atoms with Crippen molar-refractivity contribution >= 4 is 11.7 Å². The molecular formula is C18H14F3N3O2. The Morgan fingerprint density at radius 1 is 1.08 bits per heavy atom. The molecule has 0 aliphatic rings. The first-order valence-electron chi connectivity index (χ1n) is 7.61. The average molecular weight is 361 g/mol. The molecule has 3 aromatic rings. The summed E-state index contributed by atoms with van der Waals surface area (Å²) in [7, 11) is 0. The molecule has 0 spiro atoms. The number of para-hydroxylation sites is 1. The Hall–Kier alpha value is -3.29. The lowest BCUT2D eigenvalue weighted by Crippen LogP contribution is -2.18. The minimum atomic E-state index is -4.77. The van der Waals surface area contributed by atoms with Gasteiger partial charge in [0.1, 0.15) is 11.6 Å². The molecule has 1 aromatic heterocycles. The number of rotatable bonds is 4. The van der Waals surface area contributed by atoms with Crippen LogP contribution in [0.1, 0.15) is 15.9 Å². The maximum atomic E-state index is 12.4. The van der Waals surface area contributed by atoms with E-state index in [-0.39, 0.29) is 11.3 Å². The third-order valence-electron chi connectivity index (χ3n) is 3.53. The van der Waals surface area contributed by atoms with E-state index in [1.807, 2.05) is 30.3 Å². The van der Waals surface area contributed by atoms with Crippen LogP contribution in [0.2, 0.25) is 0 Å². The lowest BCUT2D eigenvalue weighted by Gasteiger charge is -2.11. The van der Waals surface area contributed by atoms with E-state index in [2.05, 4.69) is 15.2 Å². The molecule has 0 bridgehead atoms. The summed E-state index contributed by atoms with van der Waals surface area (Å²) in [5.74, 6) is -0.374. The van der Waals surface area contributed by atoms with Gasteiger partial charge in [0.05, 0.1) is 11.9 Å². The predicted molar refractivity (Wildman–Crippen MR) is 89.4 cm³/mol. The minimum Gasteiger partial charge on any atom is -0.406 e. The fourth-order valence-corrected chi connectivity index (χ4v) is 2.33. The van der Waals surface area contributed by atoms with Crippen molar-refractivity contribution in [2.45, 2.75) is 13.3 Å². The molecule has 2 aromatic carbocycles. The Bertz CT molecular complexity index is 904. The van der Waals surface area contributed by atoms with Crippen LogP contribution < -0.4 is 10.1 Å². The Morgan fingerprint density at radius 3 is 2.35 bits per heavy atom. The molecular weight excluding hydrogens is 347 g/mol. The van der Waals surface area contributed by atoms with Crippen molar-refractivity contribution in [3.05, 3.63) is 71.9 Å². The average Bonchev–Trinajstić information content (AvgIpc) is 2.95. The first-order chi connectivity index (χ1) is 12.3. The number of amides is 1. The van der Waals surface area contributed by atoms with E-state index >= 15 is 0 Å².